The SMILES string of the molecule is CC(CC(C)=Nc1c(C(C)C)cccc1C(C)C)=Nc1ccc(C(F)(F)F)cc1. The minimum atomic E-state index is -4.33. The lowest BCUT2D eigenvalue weighted by atomic mass is 9.93. The van der Waals surface area contributed by atoms with Crippen LogP contribution in [0.2, 0.25) is 0 Å². The third kappa shape index (κ3) is 6.28. The highest BCUT2D eigenvalue weighted by Gasteiger charge is 2.29. The molecule has 0 aromatic heterocycles. The first-order chi connectivity index (χ1) is 13.5. The van der Waals surface area contributed by atoms with Crippen LogP contribution in [0.15, 0.2) is 52.4 Å². The van der Waals surface area contributed by atoms with Crippen LogP contribution in [0, 0.1) is 0 Å². The summed E-state index contributed by atoms with van der Waals surface area (Å²) in [6, 6.07) is 11.2. The van der Waals surface area contributed by atoms with Crippen molar-refractivity contribution in [3.63, 3.8) is 0 Å². The van der Waals surface area contributed by atoms with Gasteiger partial charge in [-0.3, -0.25) is 9.98 Å². The molecular formula is C24H29F3N2. The van der Waals surface area contributed by atoms with E-state index >= 15 is 0 Å². The molecule has 0 bridgehead atoms. The van der Waals surface area contributed by atoms with Crippen LogP contribution in [0.4, 0.5) is 24.5 Å². The molecule has 2 rings (SSSR count). The van der Waals surface area contributed by atoms with Crippen LogP contribution in [-0.4, -0.2) is 11.4 Å². The van der Waals surface area contributed by atoms with Gasteiger partial charge in [-0.15, -0.1) is 0 Å². The van der Waals surface area contributed by atoms with Gasteiger partial charge in [0.15, 0.2) is 0 Å². The average molecular weight is 403 g/mol. The Morgan fingerprint density at radius 3 is 1.72 bits per heavy atom. The molecule has 0 saturated carbocycles. The lowest BCUT2D eigenvalue weighted by Crippen LogP contribution is -2.04. The van der Waals surface area contributed by atoms with Crippen LogP contribution < -0.4 is 0 Å². The second kappa shape index (κ2) is 9.38. The van der Waals surface area contributed by atoms with E-state index in [2.05, 4.69) is 50.9 Å². The van der Waals surface area contributed by atoms with E-state index in [0.717, 1.165) is 29.2 Å². The third-order valence-electron chi connectivity index (χ3n) is 4.67. The number of hydrogen-bond acceptors (Lipinski definition) is 2. The van der Waals surface area contributed by atoms with Gasteiger partial charge in [0.1, 0.15) is 0 Å². The van der Waals surface area contributed by atoms with Crippen LogP contribution in [0.25, 0.3) is 0 Å². The Balaban J connectivity index is 2.26. The first kappa shape index (κ1) is 22.9. The molecule has 0 N–H and O–H groups in total. The quantitative estimate of drug-likeness (QED) is 0.435. The van der Waals surface area contributed by atoms with E-state index in [-0.39, 0.29) is 0 Å². The number of hydrogen-bond donors (Lipinski definition) is 0. The Morgan fingerprint density at radius 1 is 0.793 bits per heavy atom. The molecule has 2 nitrogen and oxygen atoms in total. The molecule has 0 amide bonds. The molecule has 0 unspecified atom stereocenters. The van der Waals surface area contributed by atoms with Gasteiger partial charge in [0, 0.05) is 17.8 Å². The van der Waals surface area contributed by atoms with Crippen LogP contribution in [-0.2, 0) is 6.18 Å². The molecule has 0 aliphatic heterocycles. The predicted molar refractivity (Wildman–Crippen MR) is 116 cm³/mol. The van der Waals surface area contributed by atoms with E-state index in [0.29, 0.717) is 23.9 Å². The van der Waals surface area contributed by atoms with Gasteiger partial charge in [0.05, 0.1) is 16.9 Å². The zero-order chi connectivity index (χ0) is 21.8. The van der Waals surface area contributed by atoms with Crippen molar-refractivity contribution in [1.82, 2.24) is 0 Å². The van der Waals surface area contributed by atoms with E-state index in [9.17, 15) is 13.2 Å². The second-order valence-corrected chi connectivity index (χ2v) is 8.01. The molecule has 0 atom stereocenters. The maximum Gasteiger partial charge on any atom is 0.416 e. The molecule has 2 aromatic carbocycles. The minimum absolute atomic E-state index is 0.363. The second-order valence-electron chi connectivity index (χ2n) is 8.01. The summed E-state index contributed by atoms with van der Waals surface area (Å²) in [7, 11) is 0. The highest BCUT2D eigenvalue weighted by molar-refractivity contribution is 6.04. The molecule has 0 radical (unpaired) electrons. The Labute approximate surface area is 171 Å². The van der Waals surface area contributed by atoms with Crippen LogP contribution in [0.1, 0.15) is 76.5 Å². The van der Waals surface area contributed by atoms with Crippen molar-refractivity contribution >= 4 is 22.8 Å². The number of para-hydroxylation sites is 1. The van der Waals surface area contributed by atoms with Gasteiger partial charge in [0.2, 0.25) is 0 Å². The molecule has 0 spiro atoms. The maximum absolute atomic E-state index is 12.7. The Hall–Kier alpha value is -2.43. The van der Waals surface area contributed by atoms with Crippen molar-refractivity contribution in [1.29, 1.82) is 0 Å². The molecule has 2 aromatic rings. The lowest BCUT2D eigenvalue weighted by molar-refractivity contribution is -0.137. The highest BCUT2D eigenvalue weighted by Crippen LogP contribution is 2.35. The molecule has 5 heteroatoms. The smallest absolute Gasteiger partial charge is 0.258 e. The topological polar surface area (TPSA) is 24.7 Å². The van der Waals surface area contributed by atoms with Gasteiger partial charge < -0.3 is 0 Å². The molecule has 0 aliphatic carbocycles. The van der Waals surface area contributed by atoms with E-state index in [1.54, 1.807) is 0 Å². The van der Waals surface area contributed by atoms with Crippen molar-refractivity contribution in [2.45, 2.75) is 66.0 Å². The van der Waals surface area contributed by atoms with Crippen LogP contribution in [0.5, 0.6) is 0 Å². The summed E-state index contributed by atoms with van der Waals surface area (Å²) in [5, 5.41) is 0. The van der Waals surface area contributed by atoms with Gasteiger partial charge in [-0.2, -0.15) is 13.2 Å². The van der Waals surface area contributed by atoms with Gasteiger partial charge in [0.25, 0.3) is 0 Å². The summed E-state index contributed by atoms with van der Waals surface area (Å²) < 4.78 is 38.1. The normalized spacial score (nSPS) is 13.5. The molecule has 0 aliphatic rings. The summed E-state index contributed by atoms with van der Waals surface area (Å²) >= 11 is 0. The minimum Gasteiger partial charge on any atom is -0.258 e. The number of rotatable bonds is 6. The van der Waals surface area contributed by atoms with Gasteiger partial charge in [-0.25, -0.2) is 0 Å². The third-order valence-corrected chi connectivity index (χ3v) is 4.67. The fraction of sp³-hybridized carbons (Fsp3) is 0.417. The molecule has 0 saturated heterocycles. The predicted octanol–water partition coefficient (Wildman–Crippen LogP) is 8.23. The lowest BCUT2D eigenvalue weighted by Gasteiger charge is -2.17. The van der Waals surface area contributed by atoms with E-state index in [1.807, 2.05) is 13.8 Å². The fourth-order valence-electron chi connectivity index (χ4n) is 3.23. The van der Waals surface area contributed by atoms with Crippen LogP contribution >= 0.6 is 0 Å². The van der Waals surface area contributed by atoms with Gasteiger partial charge >= 0.3 is 6.18 Å². The fourth-order valence-corrected chi connectivity index (χ4v) is 3.23. The van der Waals surface area contributed by atoms with Crippen molar-refractivity contribution in [3.05, 3.63) is 59.2 Å². The largest absolute Gasteiger partial charge is 0.416 e. The zero-order valence-electron chi connectivity index (χ0n) is 17.9. The van der Waals surface area contributed by atoms with Crippen molar-refractivity contribution in [3.8, 4) is 0 Å². The number of nitrogens with zero attached hydrogens (tertiary/aromatic N) is 2. The van der Waals surface area contributed by atoms with Crippen molar-refractivity contribution in [2.75, 3.05) is 0 Å². The Morgan fingerprint density at radius 2 is 1.28 bits per heavy atom. The molecule has 29 heavy (non-hydrogen) atoms. The molecule has 0 heterocycles. The number of halogens is 3. The highest BCUT2D eigenvalue weighted by atomic mass is 19.4. The first-order valence-electron chi connectivity index (χ1n) is 9.87. The Bertz CT molecular complexity index is 863. The standard InChI is InChI=1S/C24H29F3N2/c1-15(2)21-8-7-9-22(16(3)4)23(21)29-18(6)14-17(5)28-20-12-10-19(11-13-20)24(25,26)27/h7-13,15-16H,14H2,1-6H3. The molecular weight excluding hydrogens is 373 g/mol. The Kier molecular flexibility index (Phi) is 7.39. The maximum atomic E-state index is 12.7. The summed E-state index contributed by atoms with van der Waals surface area (Å²) in [4.78, 5) is 9.36. The first-order valence-corrected chi connectivity index (χ1v) is 9.87. The van der Waals surface area contributed by atoms with Crippen LogP contribution in [0.3, 0.4) is 0 Å². The zero-order valence-corrected chi connectivity index (χ0v) is 17.9. The number of aliphatic imine (C=N–C) groups is 2. The van der Waals surface area contributed by atoms with E-state index in [1.165, 1.54) is 23.3 Å². The molecule has 156 valence electrons. The average Bonchev–Trinajstić information content (AvgIpc) is 2.60. The summed E-state index contributed by atoms with van der Waals surface area (Å²) in [5.74, 6) is 0.726. The van der Waals surface area contributed by atoms with Gasteiger partial charge in [-0.1, -0.05) is 45.9 Å². The number of alkyl halides is 3. The van der Waals surface area contributed by atoms with E-state index in [4.69, 9.17) is 4.99 Å². The van der Waals surface area contributed by atoms with E-state index < -0.39 is 11.7 Å². The van der Waals surface area contributed by atoms with Crippen molar-refractivity contribution in [2.24, 2.45) is 9.98 Å². The monoisotopic (exact) mass is 402 g/mol. The van der Waals surface area contributed by atoms with Gasteiger partial charge in [-0.05, 0) is 61.1 Å². The summed E-state index contributed by atoms with van der Waals surface area (Å²) in [6.07, 6.45) is -3.77. The summed E-state index contributed by atoms with van der Waals surface area (Å²) in [5.41, 5.74) is 5.03. The summed E-state index contributed by atoms with van der Waals surface area (Å²) in [6.45, 7) is 12.5. The molecule has 0 fully saturated rings. The number of benzene rings is 2. The van der Waals surface area contributed by atoms with Crippen molar-refractivity contribution < 1.29 is 13.2 Å².